The molecule has 1 N–H and O–H groups in total. The van der Waals surface area contributed by atoms with E-state index < -0.39 is 5.97 Å². The third-order valence-corrected chi connectivity index (χ3v) is 4.84. The van der Waals surface area contributed by atoms with Crippen molar-refractivity contribution in [3.8, 4) is 5.75 Å². The van der Waals surface area contributed by atoms with Gasteiger partial charge >= 0.3 is 5.97 Å². The molecule has 0 fully saturated rings. The molecule has 2 rings (SSSR count). The average Bonchev–Trinajstić information content (AvgIpc) is 2.84. The summed E-state index contributed by atoms with van der Waals surface area (Å²) in [7, 11) is 0. The molecule has 0 saturated heterocycles. The largest absolute Gasteiger partial charge is 0.494 e. The highest BCUT2D eigenvalue weighted by molar-refractivity contribution is 7.16. The number of thiophene rings is 1. The minimum Gasteiger partial charge on any atom is -0.494 e. The van der Waals surface area contributed by atoms with Crippen molar-refractivity contribution in [3.05, 3.63) is 45.8 Å². The van der Waals surface area contributed by atoms with E-state index in [9.17, 15) is 9.59 Å². The van der Waals surface area contributed by atoms with Crippen LogP contribution in [0.3, 0.4) is 0 Å². The number of benzene rings is 1. The second-order valence-electron chi connectivity index (χ2n) is 5.51. The molecule has 0 saturated carbocycles. The average molecular weight is 361 g/mol. The number of nitrogens with one attached hydrogen (secondary N) is 1. The van der Waals surface area contributed by atoms with Crippen LogP contribution in [0.25, 0.3) is 0 Å². The van der Waals surface area contributed by atoms with Gasteiger partial charge in [0.25, 0.3) is 0 Å². The number of carbonyl (C=O) groups excluding carboxylic acids is 2. The highest BCUT2D eigenvalue weighted by Gasteiger charge is 2.22. The van der Waals surface area contributed by atoms with Crippen molar-refractivity contribution >= 4 is 28.2 Å². The Labute approximate surface area is 152 Å². The Bertz CT molecular complexity index is 750. The van der Waals surface area contributed by atoms with Gasteiger partial charge in [-0.15, -0.1) is 11.3 Å². The maximum atomic E-state index is 12.4. The van der Waals surface area contributed by atoms with Gasteiger partial charge in [0.15, 0.2) is 0 Å². The second-order valence-corrected chi connectivity index (χ2v) is 6.73. The van der Waals surface area contributed by atoms with Crippen molar-refractivity contribution in [2.75, 3.05) is 18.5 Å². The van der Waals surface area contributed by atoms with Crippen LogP contribution >= 0.6 is 11.3 Å². The van der Waals surface area contributed by atoms with Crippen LogP contribution in [0.1, 0.15) is 40.2 Å². The monoisotopic (exact) mass is 361 g/mol. The van der Waals surface area contributed by atoms with Crippen LogP contribution in [0.5, 0.6) is 5.75 Å². The summed E-state index contributed by atoms with van der Waals surface area (Å²) in [5.74, 6) is 0.206. The van der Waals surface area contributed by atoms with Crippen molar-refractivity contribution in [2.24, 2.45) is 0 Å². The summed E-state index contributed by atoms with van der Waals surface area (Å²) in [4.78, 5) is 25.5. The van der Waals surface area contributed by atoms with Gasteiger partial charge in [-0.2, -0.15) is 0 Å². The van der Waals surface area contributed by atoms with E-state index in [-0.39, 0.29) is 12.3 Å². The van der Waals surface area contributed by atoms with Crippen LogP contribution in [-0.4, -0.2) is 25.1 Å². The van der Waals surface area contributed by atoms with E-state index in [1.165, 1.54) is 11.3 Å². The standard InChI is InChI=1S/C19H23NO4S/c1-5-23-15-9-7-14(8-10-15)11-16(21)20-18-17(19(22)24-6-2)12(3)13(4)25-18/h7-10H,5-6,11H2,1-4H3,(H,20,21). The Morgan fingerprint density at radius 3 is 2.36 bits per heavy atom. The van der Waals surface area contributed by atoms with Gasteiger partial charge in [-0.05, 0) is 51.0 Å². The molecule has 0 atom stereocenters. The van der Waals surface area contributed by atoms with Gasteiger partial charge in [-0.25, -0.2) is 4.79 Å². The van der Waals surface area contributed by atoms with Crippen molar-refractivity contribution in [1.29, 1.82) is 0 Å². The molecule has 1 heterocycles. The fourth-order valence-corrected chi connectivity index (χ4v) is 3.46. The van der Waals surface area contributed by atoms with Gasteiger partial charge in [0.2, 0.25) is 5.91 Å². The molecule has 1 aromatic carbocycles. The molecular formula is C19H23NO4S. The lowest BCUT2D eigenvalue weighted by Crippen LogP contribution is -2.16. The van der Waals surface area contributed by atoms with E-state index >= 15 is 0 Å². The van der Waals surface area contributed by atoms with E-state index in [0.29, 0.717) is 23.8 Å². The predicted molar refractivity (Wildman–Crippen MR) is 99.7 cm³/mol. The van der Waals surface area contributed by atoms with Crippen LogP contribution in [-0.2, 0) is 16.0 Å². The Morgan fingerprint density at radius 2 is 1.76 bits per heavy atom. The zero-order valence-corrected chi connectivity index (χ0v) is 15.8. The normalized spacial score (nSPS) is 10.4. The van der Waals surface area contributed by atoms with E-state index in [1.807, 2.05) is 45.0 Å². The molecule has 0 spiro atoms. The molecule has 1 amide bonds. The Hall–Kier alpha value is -2.34. The molecule has 0 aliphatic heterocycles. The van der Waals surface area contributed by atoms with Crippen LogP contribution in [0, 0.1) is 13.8 Å². The summed E-state index contributed by atoms with van der Waals surface area (Å²) in [5.41, 5.74) is 2.17. The smallest absolute Gasteiger partial charge is 0.341 e. The number of esters is 1. The summed E-state index contributed by atoms with van der Waals surface area (Å²) in [5, 5.41) is 3.39. The maximum Gasteiger partial charge on any atom is 0.341 e. The Morgan fingerprint density at radius 1 is 1.08 bits per heavy atom. The highest BCUT2D eigenvalue weighted by Crippen LogP contribution is 2.33. The lowest BCUT2D eigenvalue weighted by molar-refractivity contribution is -0.115. The minimum absolute atomic E-state index is 0.170. The van der Waals surface area contributed by atoms with Gasteiger partial charge < -0.3 is 14.8 Å². The quantitative estimate of drug-likeness (QED) is 0.754. The molecule has 25 heavy (non-hydrogen) atoms. The predicted octanol–water partition coefficient (Wildman–Crippen LogP) is 4.12. The third-order valence-electron chi connectivity index (χ3n) is 3.72. The lowest BCUT2D eigenvalue weighted by Gasteiger charge is -2.08. The van der Waals surface area contributed by atoms with Gasteiger partial charge in [-0.1, -0.05) is 12.1 Å². The van der Waals surface area contributed by atoms with Crippen LogP contribution in [0.15, 0.2) is 24.3 Å². The molecule has 0 unspecified atom stereocenters. The van der Waals surface area contributed by atoms with Gasteiger partial charge in [0.05, 0.1) is 25.2 Å². The maximum absolute atomic E-state index is 12.4. The Kier molecular flexibility index (Phi) is 6.58. The topological polar surface area (TPSA) is 64.6 Å². The van der Waals surface area contributed by atoms with E-state index in [4.69, 9.17) is 9.47 Å². The number of hydrogen-bond acceptors (Lipinski definition) is 5. The van der Waals surface area contributed by atoms with Crippen LogP contribution in [0.2, 0.25) is 0 Å². The number of ether oxygens (including phenoxy) is 2. The number of anilines is 1. The molecule has 1 aromatic heterocycles. The summed E-state index contributed by atoms with van der Waals surface area (Å²) in [6.07, 6.45) is 0.227. The molecule has 0 aliphatic rings. The summed E-state index contributed by atoms with van der Waals surface area (Å²) >= 11 is 1.39. The molecule has 0 aliphatic carbocycles. The fourth-order valence-electron chi connectivity index (χ4n) is 2.39. The molecule has 6 heteroatoms. The summed E-state index contributed by atoms with van der Waals surface area (Å²) < 4.78 is 10.5. The van der Waals surface area contributed by atoms with E-state index in [2.05, 4.69) is 5.32 Å². The fraction of sp³-hybridized carbons (Fsp3) is 0.368. The summed E-state index contributed by atoms with van der Waals surface area (Å²) in [6, 6.07) is 7.41. The van der Waals surface area contributed by atoms with Gasteiger partial charge in [0, 0.05) is 4.88 Å². The minimum atomic E-state index is -0.402. The van der Waals surface area contributed by atoms with Crippen molar-refractivity contribution in [1.82, 2.24) is 0 Å². The molecule has 0 bridgehead atoms. The molecular weight excluding hydrogens is 338 g/mol. The van der Waals surface area contributed by atoms with Crippen LogP contribution in [0.4, 0.5) is 5.00 Å². The SMILES string of the molecule is CCOC(=O)c1c(NC(=O)Cc2ccc(OCC)cc2)sc(C)c1C. The Balaban J connectivity index is 2.10. The van der Waals surface area contributed by atoms with Gasteiger partial charge in [0.1, 0.15) is 10.8 Å². The van der Waals surface area contributed by atoms with Crippen molar-refractivity contribution in [3.63, 3.8) is 0 Å². The summed E-state index contributed by atoms with van der Waals surface area (Å²) in [6.45, 7) is 8.37. The van der Waals surface area contributed by atoms with Crippen molar-refractivity contribution < 1.29 is 19.1 Å². The first kappa shape index (κ1) is 19.0. The molecule has 0 radical (unpaired) electrons. The zero-order valence-electron chi connectivity index (χ0n) is 15.0. The van der Waals surface area contributed by atoms with Gasteiger partial charge in [-0.3, -0.25) is 4.79 Å². The number of carbonyl (C=O) groups is 2. The lowest BCUT2D eigenvalue weighted by atomic mass is 10.1. The molecule has 134 valence electrons. The first-order valence-corrected chi connectivity index (χ1v) is 9.06. The third kappa shape index (κ3) is 4.82. The van der Waals surface area contributed by atoms with Crippen LogP contribution < -0.4 is 10.1 Å². The zero-order chi connectivity index (χ0) is 18.4. The number of amides is 1. The highest BCUT2D eigenvalue weighted by atomic mass is 32.1. The number of aryl methyl sites for hydroxylation is 1. The second kappa shape index (κ2) is 8.67. The number of hydrogen-bond donors (Lipinski definition) is 1. The first-order chi connectivity index (χ1) is 12.0. The van der Waals surface area contributed by atoms with E-state index in [1.54, 1.807) is 6.92 Å². The molecule has 5 nitrogen and oxygen atoms in total. The number of rotatable bonds is 7. The van der Waals surface area contributed by atoms with Crippen molar-refractivity contribution in [2.45, 2.75) is 34.1 Å². The first-order valence-electron chi connectivity index (χ1n) is 8.24. The van der Waals surface area contributed by atoms with E-state index in [0.717, 1.165) is 21.8 Å². The molecule has 2 aromatic rings.